The first-order chi connectivity index (χ1) is 13.6. The number of Topliss-reactive ketones (excluding diaryl/α,β-unsaturated/α-hetero) is 1. The molecule has 0 aromatic heterocycles. The summed E-state index contributed by atoms with van der Waals surface area (Å²) in [6, 6.07) is 11.2. The van der Waals surface area contributed by atoms with E-state index in [-0.39, 0.29) is 11.1 Å². The van der Waals surface area contributed by atoms with Crippen molar-refractivity contribution in [1.82, 2.24) is 0 Å². The van der Waals surface area contributed by atoms with Crippen LogP contribution in [-0.2, 0) is 4.79 Å². The Labute approximate surface area is 162 Å². The molecule has 2 rings (SSSR count). The fourth-order valence-corrected chi connectivity index (χ4v) is 2.86. The Morgan fingerprint density at radius 1 is 0.897 bits per heavy atom. The van der Waals surface area contributed by atoms with E-state index in [1.807, 2.05) is 0 Å². The predicted octanol–water partition coefficient (Wildman–Crippen LogP) is 2.82. The third-order valence-electron chi connectivity index (χ3n) is 4.10. The van der Waals surface area contributed by atoms with Crippen molar-refractivity contribution in [3.8, 4) is 0 Å². The maximum Gasteiger partial charge on any atom is 0.351 e. The Bertz CT molecular complexity index is 997. The highest BCUT2D eigenvalue weighted by molar-refractivity contribution is 6.09. The van der Waals surface area contributed by atoms with E-state index in [2.05, 4.69) is 0 Å². The molecular weight excluding hydrogens is 388 g/mol. The van der Waals surface area contributed by atoms with Crippen molar-refractivity contribution in [1.29, 1.82) is 0 Å². The lowest BCUT2D eigenvalue weighted by atomic mass is 9.79. The van der Waals surface area contributed by atoms with Gasteiger partial charge in [0.25, 0.3) is 5.69 Å². The number of aliphatic carboxylic acids is 1. The summed E-state index contributed by atoms with van der Waals surface area (Å²) in [5.41, 5.74) is -2.30. The number of carbonyl (C=O) groups excluding carboxylic acids is 1. The molecule has 2 atom stereocenters. The van der Waals surface area contributed by atoms with Gasteiger partial charge in [-0.2, -0.15) is 0 Å². The minimum absolute atomic E-state index is 0.0875. The van der Waals surface area contributed by atoms with Gasteiger partial charge in [-0.3, -0.25) is 29.8 Å². The Hall–Kier alpha value is -4.28. The van der Waals surface area contributed by atoms with E-state index in [1.165, 1.54) is 24.3 Å². The van der Waals surface area contributed by atoms with Gasteiger partial charge in [0.2, 0.25) is 0 Å². The molecule has 0 bridgehead atoms. The fraction of sp³-hybridized carbons (Fsp3) is 0.111. The molecule has 11 heteroatoms. The zero-order chi connectivity index (χ0) is 21.7. The maximum atomic E-state index is 12.8. The van der Waals surface area contributed by atoms with E-state index in [4.69, 9.17) is 0 Å². The van der Waals surface area contributed by atoms with E-state index >= 15 is 0 Å². The Morgan fingerprint density at radius 3 is 2.00 bits per heavy atom. The molecule has 150 valence electrons. The molecular formula is C18H14N2O9. The highest BCUT2D eigenvalue weighted by Gasteiger charge is 2.46. The first kappa shape index (κ1) is 21.0. The quantitative estimate of drug-likeness (QED) is 0.196. The molecule has 0 saturated heterocycles. The number of nitro benzene ring substituents is 1. The Morgan fingerprint density at radius 2 is 1.52 bits per heavy atom. The van der Waals surface area contributed by atoms with Gasteiger partial charge in [0.1, 0.15) is 11.8 Å². The summed E-state index contributed by atoms with van der Waals surface area (Å²) in [6.45, 7) is 0. The molecule has 0 aliphatic heterocycles. The third-order valence-corrected chi connectivity index (χ3v) is 4.10. The smallest absolute Gasteiger partial charge is 0.351 e. The van der Waals surface area contributed by atoms with Gasteiger partial charge in [0.15, 0.2) is 5.78 Å². The predicted molar refractivity (Wildman–Crippen MR) is 97.0 cm³/mol. The molecule has 0 saturated carbocycles. The summed E-state index contributed by atoms with van der Waals surface area (Å²) >= 11 is 0. The van der Waals surface area contributed by atoms with E-state index in [1.54, 1.807) is 6.07 Å². The van der Waals surface area contributed by atoms with Crippen molar-refractivity contribution in [2.24, 2.45) is 5.92 Å². The molecule has 3 N–H and O–H groups in total. The lowest BCUT2D eigenvalue weighted by Crippen LogP contribution is -2.33. The van der Waals surface area contributed by atoms with Crippen molar-refractivity contribution in [3.63, 3.8) is 0 Å². The van der Waals surface area contributed by atoms with Gasteiger partial charge in [-0.1, -0.05) is 42.5 Å². The average Bonchev–Trinajstić information content (AvgIpc) is 2.67. The number of rotatable bonds is 8. The number of benzene rings is 2. The number of carboxylic acids is 1. The number of nitrogens with zero attached hydrogens (tertiary/aromatic N) is 2. The molecule has 2 aromatic rings. The number of carbonyl (C=O) groups is 2. The summed E-state index contributed by atoms with van der Waals surface area (Å²) in [5.74, 6) is -8.81. The van der Waals surface area contributed by atoms with Crippen molar-refractivity contribution in [2.75, 3.05) is 0 Å². The van der Waals surface area contributed by atoms with Crippen LogP contribution in [0.15, 0.2) is 66.2 Å². The number of ketones is 1. The van der Waals surface area contributed by atoms with Crippen molar-refractivity contribution in [3.05, 3.63) is 97.6 Å². The van der Waals surface area contributed by atoms with Crippen molar-refractivity contribution < 1.29 is 34.8 Å². The minimum Gasteiger partial charge on any atom is -0.481 e. The Kier molecular flexibility index (Phi) is 6.24. The molecule has 29 heavy (non-hydrogen) atoms. The second kappa shape index (κ2) is 8.61. The maximum absolute atomic E-state index is 12.8. The van der Waals surface area contributed by atoms with Crippen molar-refractivity contribution in [2.45, 2.75) is 5.92 Å². The number of hydrogen-bond acceptors (Lipinski definition) is 8. The zero-order valence-corrected chi connectivity index (χ0v) is 14.5. The number of hydrogen-bond donors (Lipinski definition) is 3. The molecule has 2 aromatic carbocycles. The molecule has 0 amide bonds. The highest BCUT2D eigenvalue weighted by atomic mass is 16.6. The zero-order valence-electron chi connectivity index (χ0n) is 14.5. The number of aliphatic hydroxyl groups excluding tert-OH is 1. The van der Waals surface area contributed by atoms with Crippen LogP contribution in [0.3, 0.4) is 0 Å². The molecule has 0 aliphatic carbocycles. The van der Waals surface area contributed by atoms with Crippen LogP contribution < -0.4 is 0 Å². The van der Waals surface area contributed by atoms with E-state index in [9.17, 15) is 45.1 Å². The van der Waals surface area contributed by atoms with Crippen LogP contribution in [0.4, 0.5) is 5.69 Å². The monoisotopic (exact) mass is 402 g/mol. The normalized spacial score (nSPS) is 12.4. The third kappa shape index (κ3) is 4.53. The second-order valence-corrected chi connectivity index (χ2v) is 5.84. The van der Waals surface area contributed by atoms with Gasteiger partial charge >= 0.3 is 17.6 Å². The van der Waals surface area contributed by atoms with E-state index in [0.29, 0.717) is 0 Å². The standard InChI is InChI=1S/C18H14N2O9/c21-16(10-5-2-1-3-6-10)14(17(22)23)13(15(18(24)25)20(28)29)11-7-4-8-12(9-11)19(26)27/h1-9,13-14,24-25H,(H,22,23). The fourth-order valence-electron chi connectivity index (χ4n) is 2.86. The molecule has 0 fully saturated rings. The lowest BCUT2D eigenvalue weighted by molar-refractivity contribution is -0.436. The molecule has 0 aliphatic rings. The first-order valence-electron chi connectivity index (χ1n) is 7.98. The lowest BCUT2D eigenvalue weighted by Gasteiger charge is -2.21. The molecule has 0 heterocycles. The Balaban J connectivity index is 2.77. The summed E-state index contributed by atoms with van der Waals surface area (Å²) in [7, 11) is 0. The molecule has 2 unspecified atom stereocenters. The van der Waals surface area contributed by atoms with E-state index < -0.39 is 50.8 Å². The molecule has 0 radical (unpaired) electrons. The van der Waals surface area contributed by atoms with Gasteiger partial charge in [0.05, 0.1) is 9.85 Å². The van der Waals surface area contributed by atoms with Crippen molar-refractivity contribution >= 4 is 17.4 Å². The summed E-state index contributed by atoms with van der Waals surface area (Å²) < 4.78 is 0. The number of aliphatic hydroxyl groups is 2. The largest absolute Gasteiger partial charge is 0.481 e. The number of allylic oxidation sites excluding steroid dienone is 1. The van der Waals surface area contributed by atoms with Gasteiger partial charge in [0, 0.05) is 17.7 Å². The number of non-ortho nitro benzene ring substituents is 1. The number of nitro groups is 2. The number of carboxylic acid groups (broad SMARTS) is 1. The van der Waals surface area contributed by atoms with Crippen LogP contribution in [0, 0.1) is 26.1 Å². The second-order valence-electron chi connectivity index (χ2n) is 5.84. The van der Waals surface area contributed by atoms with Crippen LogP contribution in [0.2, 0.25) is 0 Å². The molecule has 0 spiro atoms. The first-order valence-corrected chi connectivity index (χ1v) is 7.98. The van der Waals surface area contributed by atoms with Crippen LogP contribution in [-0.4, -0.2) is 36.9 Å². The summed E-state index contributed by atoms with van der Waals surface area (Å²) in [4.78, 5) is 45.2. The summed E-state index contributed by atoms with van der Waals surface area (Å²) in [5, 5.41) is 51.0. The van der Waals surface area contributed by atoms with E-state index in [0.717, 1.165) is 24.3 Å². The van der Waals surface area contributed by atoms with Gasteiger partial charge in [-0.15, -0.1) is 0 Å². The highest BCUT2D eigenvalue weighted by Crippen LogP contribution is 2.37. The SMILES string of the molecule is O=C(O)C(C(=O)c1ccccc1)C(C(=C(O)O)[N+](=O)[O-])c1cccc([N+](=O)[O-])c1. The van der Waals surface area contributed by atoms with Crippen LogP contribution >= 0.6 is 0 Å². The van der Waals surface area contributed by atoms with Crippen LogP contribution in [0.25, 0.3) is 0 Å². The molecule has 11 nitrogen and oxygen atoms in total. The van der Waals surface area contributed by atoms with Crippen LogP contribution in [0.5, 0.6) is 0 Å². The van der Waals surface area contributed by atoms with Gasteiger partial charge in [-0.05, 0) is 5.56 Å². The van der Waals surface area contributed by atoms with Gasteiger partial charge < -0.3 is 15.3 Å². The summed E-state index contributed by atoms with van der Waals surface area (Å²) in [6.07, 6.45) is 0. The minimum atomic E-state index is -2.16. The van der Waals surface area contributed by atoms with Gasteiger partial charge in [-0.25, -0.2) is 0 Å². The van der Waals surface area contributed by atoms with Crippen LogP contribution in [0.1, 0.15) is 21.8 Å². The topological polar surface area (TPSA) is 181 Å². The average molecular weight is 402 g/mol.